The number of nitrogens with zero attached hydrogens (tertiary/aromatic N) is 3. The number of oxime groups is 1. The first kappa shape index (κ1) is 52.1. The van der Waals surface area contributed by atoms with Crippen molar-refractivity contribution in [2.75, 3.05) is 58.5 Å². The highest BCUT2D eigenvalue weighted by atomic mass is 32.2. The minimum absolute atomic E-state index is 0.0203. The molecule has 374 valence electrons. The highest BCUT2D eigenvalue weighted by Crippen LogP contribution is 2.62. The second kappa shape index (κ2) is 26.4. The van der Waals surface area contributed by atoms with Gasteiger partial charge in [-0.3, -0.25) is 14.9 Å². The second-order valence-corrected chi connectivity index (χ2v) is 19.8. The number of unbranched alkanes of at least 4 members (excludes halogenated alkanes) is 2. The topological polar surface area (TPSA) is 183 Å². The van der Waals surface area contributed by atoms with Crippen molar-refractivity contribution >= 4 is 29.1 Å². The van der Waals surface area contributed by atoms with Crippen LogP contribution in [0.5, 0.6) is 11.5 Å². The highest BCUT2D eigenvalue weighted by molar-refractivity contribution is 7.99. The predicted octanol–water partition coefficient (Wildman–Crippen LogP) is 9.41. The van der Waals surface area contributed by atoms with Gasteiger partial charge in [0.1, 0.15) is 24.1 Å². The molecule has 3 aromatic carbocycles. The monoisotopic (exact) mass is 969 g/mol. The van der Waals surface area contributed by atoms with Gasteiger partial charge in [-0.15, -0.1) is 18.3 Å². The Morgan fingerprint density at radius 2 is 1.71 bits per heavy atom. The van der Waals surface area contributed by atoms with E-state index in [4.69, 9.17) is 28.9 Å². The van der Waals surface area contributed by atoms with Crippen molar-refractivity contribution in [2.24, 2.45) is 28.8 Å². The summed E-state index contributed by atoms with van der Waals surface area (Å²) in [4.78, 5) is 35.3. The molecule has 15 heteroatoms. The molecule has 0 aromatic heterocycles. The van der Waals surface area contributed by atoms with Gasteiger partial charge in [-0.05, 0) is 103 Å². The molecule has 1 heterocycles. The number of carbonyl (C=O) groups is 1. The normalized spacial score (nSPS) is 23.4. The van der Waals surface area contributed by atoms with Crippen molar-refractivity contribution < 1.29 is 48.8 Å². The van der Waals surface area contributed by atoms with Crippen LogP contribution in [-0.4, -0.2) is 107 Å². The van der Waals surface area contributed by atoms with Gasteiger partial charge in [-0.25, -0.2) is 0 Å². The lowest BCUT2D eigenvalue weighted by Crippen LogP contribution is -2.70. The molecule has 6 atom stereocenters. The Bertz CT molecular complexity index is 2170. The summed E-state index contributed by atoms with van der Waals surface area (Å²) in [5, 5.41) is 46.1. The third kappa shape index (κ3) is 13.4. The average Bonchev–Trinajstić information content (AvgIpc) is 3.90. The number of hydrogen-bond acceptors (Lipinski definition) is 13. The zero-order chi connectivity index (χ0) is 48.4. The van der Waals surface area contributed by atoms with E-state index in [0.717, 1.165) is 61.8 Å². The Kier molecular flexibility index (Phi) is 20.0. The van der Waals surface area contributed by atoms with Crippen LogP contribution in [0.1, 0.15) is 101 Å². The van der Waals surface area contributed by atoms with Crippen LogP contribution in [0, 0.1) is 33.8 Å². The molecule has 0 saturated heterocycles. The molecule has 2 fully saturated rings. The quantitative estimate of drug-likeness (QED) is 0.0197. The summed E-state index contributed by atoms with van der Waals surface area (Å²) in [5.74, 6) is 0.433. The van der Waals surface area contributed by atoms with E-state index in [-0.39, 0.29) is 88.6 Å². The molecule has 3 aliphatic carbocycles. The number of nitro benzene ring substituents is 1. The first-order chi connectivity index (χ1) is 33.8. The molecule has 1 aliphatic heterocycles. The Morgan fingerprint density at radius 1 is 0.942 bits per heavy atom. The molecule has 0 radical (unpaired) electrons. The fourth-order valence-corrected chi connectivity index (χ4v) is 11.8. The van der Waals surface area contributed by atoms with E-state index in [2.05, 4.69) is 30.9 Å². The summed E-state index contributed by atoms with van der Waals surface area (Å²) in [6, 6.07) is 21.7. The molecule has 3 N–H and O–H groups in total. The number of allylic oxidation sites excluding steroid dienone is 1. The molecule has 4 aliphatic rings. The van der Waals surface area contributed by atoms with Crippen LogP contribution in [0.4, 0.5) is 5.69 Å². The van der Waals surface area contributed by atoms with Crippen LogP contribution in [0.25, 0.3) is 0 Å². The van der Waals surface area contributed by atoms with E-state index < -0.39 is 22.7 Å². The van der Waals surface area contributed by atoms with Gasteiger partial charge in [0.15, 0.2) is 0 Å². The zero-order valence-corrected chi connectivity index (χ0v) is 40.7. The Morgan fingerprint density at radius 3 is 2.43 bits per heavy atom. The SMILES string of the molecule is C=CCOC12Oc3ccc(OCCSc4ccccc4)cc3C3C(CCCCO)C(CCCCO)C=C(C(=NOCc4ccc([N+](=O)[O-])cc4)CC1N(CCOCCO)C(=O)CCC1CCCC1)C32. The molecule has 3 aromatic rings. The number of thioether (sulfide) groups is 1. The molecular formula is C54H71N3O11S. The predicted molar refractivity (Wildman–Crippen MR) is 266 cm³/mol. The maximum Gasteiger partial charge on any atom is 0.269 e. The number of amides is 1. The third-order valence-corrected chi connectivity index (χ3v) is 15.2. The molecule has 1 amide bonds. The number of ether oxygens (including phenoxy) is 4. The molecule has 69 heavy (non-hydrogen) atoms. The minimum Gasteiger partial charge on any atom is -0.493 e. The lowest BCUT2D eigenvalue weighted by Gasteiger charge is -2.60. The number of fused-ring (bicyclic) bond motifs is 2. The standard InChI is InChI=1S/C54H71N3O11S/c1-2-30-66-54-50(56(26-31-64-32-29-60)51(61)25-20-39-12-6-7-13-39)37-48(55-67-38-40-18-21-42(22-19-40)57(62)63)46-35-41(14-8-10-27-58)45(17-9-11-28-59)52(53(46)54)47-36-43(23-24-49(47)68-54)65-33-34-69-44-15-4-3-5-16-44/h2-5,15-16,18-19,21-24,35-36,39,41,45,50,52-53,58-60H,1,6-14,17,20,25-34,37-38H2. The fourth-order valence-electron chi connectivity index (χ4n) is 11.0. The van der Waals surface area contributed by atoms with Crippen LogP contribution < -0.4 is 9.47 Å². The number of aliphatic hydroxyl groups is 3. The lowest BCUT2D eigenvalue weighted by molar-refractivity contribution is -0.384. The molecular weight excluding hydrogens is 899 g/mol. The van der Waals surface area contributed by atoms with Crippen molar-refractivity contribution in [3.63, 3.8) is 0 Å². The van der Waals surface area contributed by atoms with Gasteiger partial charge in [0.05, 0.1) is 49.6 Å². The maximum absolute atomic E-state index is 15.0. The highest BCUT2D eigenvalue weighted by Gasteiger charge is 2.65. The molecule has 0 spiro atoms. The van der Waals surface area contributed by atoms with Crippen LogP contribution in [0.2, 0.25) is 0 Å². The van der Waals surface area contributed by atoms with Gasteiger partial charge in [0, 0.05) is 66.9 Å². The minimum atomic E-state index is -1.44. The smallest absolute Gasteiger partial charge is 0.269 e. The maximum atomic E-state index is 15.0. The van der Waals surface area contributed by atoms with Crippen molar-refractivity contribution in [3.8, 4) is 11.5 Å². The Hall–Kier alpha value is -4.77. The number of non-ortho nitro benzene ring substituents is 1. The van der Waals surface area contributed by atoms with E-state index in [1.54, 1.807) is 30.0 Å². The largest absolute Gasteiger partial charge is 0.493 e. The molecule has 2 saturated carbocycles. The molecule has 0 bridgehead atoms. The number of rotatable bonds is 29. The summed E-state index contributed by atoms with van der Waals surface area (Å²) < 4.78 is 27.0. The summed E-state index contributed by atoms with van der Waals surface area (Å²) in [6.45, 7) is 5.26. The van der Waals surface area contributed by atoms with Gasteiger partial charge >= 0.3 is 0 Å². The van der Waals surface area contributed by atoms with Crippen LogP contribution in [0.3, 0.4) is 0 Å². The van der Waals surface area contributed by atoms with E-state index in [1.807, 2.05) is 35.2 Å². The van der Waals surface area contributed by atoms with Gasteiger partial charge < -0.3 is 44.0 Å². The van der Waals surface area contributed by atoms with E-state index in [1.165, 1.54) is 29.9 Å². The lowest BCUT2D eigenvalue weighted by atomic mass is 9.55. The van der Waals surface area contributed by atoms with Gasteiger partial charge in [0.2, 0.25) is 11.7 Å². The third-order valence-electron chi connectivity index (χ3n) is 14.2. The van der Waals surface area contributed by atoms with Crippen LogP contribution in [-0.2, 0) is 25.7 Å². The fraction of sp³-hybridized carbons (Fsp3) is 0.556. The van der Waals surface area contributed by atoms with Crippen LogP contribution in [0.15, 0.2) is 107 Å². The summed E-state index contributed by atoms with van der Waals surface area (Å²) >= 11 is 1.73. The van der Waals surface area contributed by atoms with E-state index >= 15 is 4.79 Å². The number of carbonyl (C=O) groups excluding carboxylic acids is 1. The number of hydrogen-bond donors (Lipinski definition) is 3. The van der Waals surface area contributed by atoms with Crippen molar-refractivity contribution in [1.29, 1.82) is 0 Å². The van der Waals surface area contributed by atoms with Crippen molar-refractivity contribution in [2.45, 2.75) is 113 Å². The summed E-state index contributed by atoms with van der Waals surface area (Å²) in [7, 11) is 0. The first-order valence-corrected chi connectivity index (χ1v) is 26.0. The van der Waals surface area contributed by atoms with E-state index in [0.29, 0.717) is 54.6 Å². The van der Waals surface area contributed by atoms with Gasteiger partial charge in [0.25, 0.3) is 5.69 Å². The van der Waals surface area contributed by atoms with Crippen LogP contribution >= 0.6 is 11.8 Å². The van der Waals surface area contributed by atoms with Gasteiger partial charge in [-0.2, -0.15) is 0 Å². The van der Waals surface area contributed by atoms with Gasteiger partial charge in [-0.1, -0.05) is 74.0 Å². The first-order valence-electron chi connectivity index (χ1n) is 25.0. The Labute approximate surface area is 411 Å². The average molecular weight is 970 g/mol. The van der Waals surface area contributed by atoms with E-state index in [9.17, 15) is 25.4 Å². The van der Waals surface area contributed by atoms with Crippen molar-refractivity contribution in [3.05, 3.63) is 118 Å². The number of nitro groups is 1. The van der Waals surface area contributed by atoms with Crippen molar-refractivity contribution in [1.82, 2.24) is 4.90 Å². The molecule has 7 rings (SSSR count). The molecule has 14 nitrogen and oxygen atoms in total. The summed E-state index contributed by atoms with van der Waals surface area (Å²) in [6.07, 6.45) is 14.4. The molecule has 6 unspecified atom stereocenters. The number of benzene rings is 3. The zero-order valence-electron chi connectivity index (χ0n) is 39.9. The summed E-state index contributed by atoms with van der Waals surface area (Å²) in [5.41, 5.74) is 3.21. The number of aliphatic hydroxyl groups excluding tert-OH is 3. The second-order valence-electron chi connectivity index (χ2n) is 18.6. The Balaban J connectivity index is 1.36.